The van der Waals surface area contributed by atoms with Gasteiger partial charge in [0.2, 0.25) is 0 Å². The normalized spacial score (nSPS) is 19.6. The summed E-state index contributed by atoms with van der Waals surface area (Å²) >= 11 is 6.29. The fraction of sp³-hybridized carbons (Fsp3) is 0.318. The zero-order chi connectivity index (χ0) is 18.8. The van der Waals surface area contributed by atoms with Crippen LogP contribution >= 0.6 is 11.6 Å². The van der Waals surface area contributed by atoms with Crippen molar-refractivity contribution in [3.63, 3.8) is 0 Å². The van der Waals surface area contributed by atoms with E-state index in [1.807, 2.05) is 19.1 Å². The van der Waals surface area contributed by atoms with Crippen molar-refractivity contribution in [3.8, 4) is 0 Å². The van der Waals surface area contributed by atoms with Gasteiger partial charge in [-0.3, -0.25) is 0 Å². The van der Waals surface area contributed by atoms with E-state index in [4.69, 9.17) is 16.0 Å². The van der Waals surface area contributed by atoms with Gasteiger partial charge in [0.15, 0.2) is 0 Å². The standard InChI is InChI=1S/C22H23ClN2O2/c1-15-9-21-19(11-20(15)23)17(10-22(26)27-21)12-24-18-7-8-25(14-18)13-16-5-3-2-4-6-16/h2-6,9-11,18,24H,7-8,12-14H2,1H3/p+2/t18-/m1/s1. The van der Waals surface area contributed by atoms with Crippen LogP contribution < -0.4 is 15.8 Å². The summed E-state index contributed by atoms with van der Waals surface area (Å²) in [6.07, 6.45) is 1.20. The van der Waals surface area contributed by atoms with Crippen LogP contribution in [0.3, 0.4) is 0 Å². The van der Waals surface area contributed by atoms with E-state index in [0.29, 0.717) is 16.6 Å². The van der Waals surface area contributed by atoms with E-state index in [0.717, 1.165) is 36.1 Å². The Morgan fingerprint density at radius 3 is 2.85 bits per heavy atom. The molecule has 0 radical (unpaired) electrons. The molecule has 0 saturated carbocycles. The van der Waals surface area contributed by atoms with Gasteiger partial charge >= 0.3 is 5.63 Å². The van der Waals surface area contributed by atoms with Crippen LogP contribution in [0.4, 0.5) is 0 Å². The molecule has 4 nitrogen and oxygen atoms in total. The topological polar surface area (TPSA) is 51.3 Å². The maximum Gasteiger partial charge on any atom is 0.336 e. The van der Waals surface area contributed by atoms with Crippen molar-refractivity contribution in [3.05, 3.63) is 80.7 Å². The summed E-state index contributed by atoms with van der Waals surface area (Å²) in [6, 6.07) is 16.6. The number of aryl methyl sites for hydroxylation is 1. The lowest BCUT2D eigenvalue weighted by molar-refractivity contribution is -0.911. The average Bonchev–Trinajstić information content (AvgIpc) is 3.09. The van der Waals surface area contributed by atoms with E-state index in [9.17, 15) is 4.79 Å². The number of nitrogens with one attached hydrogen (secondary N) is 1. The molecular weight excluding hydrogens is 360 g/mol. The Balaban J connectivity index is 1.43. The van der Waals surface area contributed by atoms with Gasteiger partial charge in [-0.25, -0.2) is 4.79 Å². The van der Waals surface area contributed by atoms with E-state index in [-0.39, 0.29) is 5.63 Å². The summed E-state index contributed by atoms with van der Waals surface area (Å²) in [5, 5.41) is 4.00. The van der Waals surface area contributed by atoms with Crippen molar-refractivity contribution in [1.82, 2.24) is 0 Å². The van der Waals surface area contributed by atoms with E-state index in [1.165, 1.54) is 18.5 Å². The molecule has 4 rings (SSSR count). The smallest absolute Gasteiger partial charge is 0.336 e. The zero-order valence-electron chi connectivity index (χ0n) is 15.5. The van der Waals surface area contributed by atoms with E-state index in [2.05, 4.69) is 35.6 Å². The fourth-order valence-electron chi connectivity index (χ4n) is 4.02. The summed E-state index contributed by atoms with van der Waals surface area (Å²) in [4.78, 5) is 13.6. The highest BCUT2D eigenvalue weighted by molar-refractivity contribution is 6.32. The van der Waals surface area contributed by atoms with Crippen molar-refractivity contribution < 1.29 is 14.6 Å². The van der Waals surface area contributed by atoms with Crippen LogP contribution in [-0.2, 0) is 13.1 Å². The first-order valence-electron chi connectivity index (χ1n) is 9.52. The summed E-state index contributed by atoms with van der Waals surface area (Å²) in [5.74, 6) is 0. The van der Waals surface area contributed by atoms with Crippen LogP contribution in [-0.4, -0.2) is 19.1 Å². The number of nitrogens with two attached hydrogens (primary N) is 1. The lowest BCUT2D eigenvalue weighted by Gasteiger charge is -2.13. The van der Waals surface area contributed by atoms with Crippen molar-refractivity contribution >= 4 is 22.6 Å². The molecule has 1 aromatic heterocycles. The second-order valence-electron chi connectivity index (χ2n) is 7.54. The van der Waals surface area contributed by atoms with Crippen molar-refractivity contribution in [2.45, 2.75) is 32.5 Å². The second kappa shape index (κ2) is 7.85. The molecule has 3 N–H and O–H groups in total. The monoisotopic (exact) mass is 384 g/mol. The maximum atomic E-state index is 11.9. The van der Waals surface area contributed by atoms with Crippen molar-refractivity contribution in [2.75, 3.05) is 13.1 Å². The molecule has 5 heteroatoms. The van der Waals surface area contributed by atoms with Crippen molar-refractivity contribution in [1.29, 1.82) is 0 Å². The average molecular weight is 385 g/mol. The van der Waals surface area contributed by atoms with Gasteiger partial charge in [-0.1, -0.05) is 41.9 Å². The lowest BCUT2D eigenvalue weighted by atomic mass is 10.1. The summed E-state index contributed by atoms with van der Waals surface area (Å²) in [5.41, 5.74) is 3.64. The van der Waals surface area contributed by atoms with E-state index < -0.39 is 0 Å². The van der Waals surface area contributed by atoms with Gasteiger partial charge in [0.1, 0.15) is 31.3 Å². The van der Waals surface area contributed by atoms with E-state index in [1.54, 1.807) is 11.0 Å². The predicted octanol–water partition coefficient (Wildman–Crippen LogP) is 1.68. The highest BCUT2D eigenvalue weighted by atomic mass is 35.5. The number of benzene rings is 2. The maximum absolute atomic E-state index is 11.9. The van der Waals surface area contributed by atoms with Crippen LogP contribution in [0.1, 0.15) is 23.1 Å². The minimum Gasteiger partial charge on any atom is -0.423 e. The quantitative estimate of drug-likeness (QED) is 0.657. The van der Waals surface area contributed by atoms with Gasteiger partial charge in [-0.15, -0.1) is 0 Å². The molecule has 2 heterocycles. The van der Waals surface area contributed by atoms with Gasteiger partial charge in [-0.05, 0) is 24.6 Å². The van der Waals surface area contributed by atoms with Gasteiger partial charge in [-0.2, -0.15) is 0 Å². The first-order chi connectivity index (χ1) is 13.1. The number of likely N-dealkylation sites (tertiary alicyclic amines) is 1. The molecule has 2 atom stereocenters. The minimum absolute atomic E-state index is 0.296. The number of hydrogen-bond donors (Lipinski definition) is 2. The SMILES string of the molecule is Cc1cc2oc(=O)cc(C[NH2+][C@@H]3CC[NH+](Cc4ccccc4)C3)c2cc1Cl. The Morgan fingerprint density at radius 2 is 2.04 bits per heavy atom. The van der Waals surface area contributed by atoms with E-state index >= 15 is 0 Å². The molecule has 0 spiro atoms. The Bertz CT molecular complexity index is 1000. The number of halogens is 1. The molecule has 0 bridgehead atoms. The van der Waals surface area contributed by atoms with Crippen LogP contribution in [0, 0.1) is 6.92 Å². The molecule has 27 heavy (non-hydrogen) atoms. The highest BCUT2D eigenvalue weighted by Crippen LogP contribution is 2.24. The molecule has 3 aromatic rings. The highest BCUT2D eigenvalue weighted by Gasteiger charge is 2.28. The molecule has 1 aliphatic heterocycles. The van der Waals surface area contributed by atoms with Crippen LogP contribution in [0.2, 0.25) is 5.02 Å². The summed E-state index contributed by atoms with van der Waals surface area (Å²) < 4.78 is 5.36. The lowest BCUT2D eigenvalue weighted by Crippen LogP contribution is -3.10. The number of fused-ring (bicyclic) bond motifs is 1. The zero-order valence-corrected chi connectivity index (χ0v) is 16.3. The Hall–Kier alpha value is -2.14. The molecule has 1 aliphatic rings. The molecule has 0 aliphatic carbocycles. The number of hydrogen-bond acceptors (Lipinski definition) is 2. The van der Waals surface area contributed by atoms with Crippen LogP contribution in [0.25, 0.3) is 11.0 Å². The molecule has 1 saturated heterocycles. The second-order valence-corrected chi connectivity index (χ2v) is 7.95. The van der Waals surface area contributed by atoms with Gasteiger partial charge in [0.25, 0.3) is 0 Å². The predicted molar refractivity (Wildman–Crippen MR) is 107 cm³/mol. The molecule has 0 amide bonds. The summed E-state index contributed by atoms with van der Waals surface area (Å²) in [6.45, 7) is 6.11. The van der Waals surface area contributed by atoms with Gasteiger partial charge in [0, 0.05) is 27.6 Å². The number of quaternary nitrogens is 2. The fourth-order valence-corrected chi connectivity index (χ4v) is 4.19. The third-order valence-corrected chi connectivity index (χ3v) is 5.90. The Morgan fingerprint density at radius 1 is 1.22 bits per heavy atom. The van der Waals surface area contributed by atoms with Gasteiger partial charge < -0.3 is 14.6 Å². The Kier molecular flexibility index (Phi) is 5.30. The van der Waals surface area contributed by atoms with Crippen molar-refractivity contribution in [2.24, 2.45) is 0 Å². The third-order valence-electron chi connectivity index (χ3n) is 5.50. The molecule has 2 aromatic carbocycles. The third kappa shape index (κ3) is 4.24. The van der Waals surface area contributed by atoms with Gasteiger partial charge in [0.05, 0.1) is 13.0 Å². The molecular formula is C22H25ClN2O2+2. The number of rotatable bonds is 5. The summed E-state index contributed by atoms with van der Waals surface area (Å²) in [7, 11) is 0. The molecule has 140 valence electrons. The molecule has 1 unspecified atom stereocenters. The Labute approximate surface area is 163 Å². The van der Waals surface area contributed by atoms with Crippen LogP contribution in [0.15, 0.2) is 57.7 Å². The minimum atomic E-state index is -0.296. The van der Waals surface area contributed by atoms with Crippen LogP contribution in [0.5, 0.6) is 0 Å². The first kappa shape index (κ1) is 18.2. The largest absolute Gasteiger partial charge is 0.423 e. The molecule has 1 fully saturated rings. The first-order valence-corrected chi connectivity index (χ1v) is 9.90.